The van der Waals surface area contributed by atoms with Gasteiger partial charge < -0.3 is 10.6 Å². The third-order valence-electron chi connectivity index (χ3n) is 2.56. The highest BCUT2D eigenvalue weighted by Gasteiger charge is 2.07. The van der Waals surface area contributed by atoms with E-state index in [0.29, 0.717) is 12.6 Å². The van der Waals surface area contributed by atoms with E-state index in [1.54, 1.807) is 0 Å². The summed E-state index contributed by atoms with van der Waals surface area (Å²) in [6.07, 6.45) is 3.14. The minimum atomic E-state index is 0.103. The van der Waals surface area contributed by atoms with Crippen molar-refractivity contribution >= 4 is 5.91 Å². The van der Waals surface area contributed by atoms with Gasteiger partial charge in [0, 0.05) is 12.1 Å². The van der Waals surface area contributed by atoms with Crippen molar-refractivity contribution < 1.29 is 4.79 Å². The molecule has 0 rings (SSSR count). The Hall–Kier alpha value is -0.570. The SMILES string of the molecule is CCC(C)NC(=O)CNC(CC)CC. The maximum atomic E-state index is 11.4. The minimum absolute atomic E-state index is 0.103. The predicted molar refractivity (Wildman–Crippen MR) is 60.3 cm³/mol. The first-order valence-corrected chi connectivity index (χ1v) is 5.66. The molecule has 0 aliphatic rings. The van der Waals surface area contributed by atoms with Crippen LogP contribution in [0.25, 0.3) is 0 Å². The molecule has 3 heteroatoms. The zero-order valence-corrected chi connectivity index (χ0v) is 9.89. The minimum Gasteiger partial charge on any atom is -0.353 e. The highest BCUT2D eigenvalue weighted by Crippen LogP contribution is 1.95. The van der Waals surface area contributed by atoms with Crippen LogP contribution >= 0.6 is 0 Å². The van der Waals surface area contributed by atoms with E-state index in [0.717, 1.165) is 19.3 Å². The van der Waals surface area contributed by atoms with E-state index in [4.69, 9.17) is 0 Å². The summed E-state index contributed by atoms with van der Waals surface area (Å²) in [4.78, 5) is 11.4. The van der Waals surface area contributed by atoms with Crippen molar-refractivity contribution in [3.05, 3.63) is 0 Å². The molecular weight excluding hydrogens is 176 g/mol. The lowest BCUT2D eigenvalue weighted by Crippen LogP contribution is -2.41. The second-order valence-corrected chi connectivity index (χ2v) is 3.77. The van der Waals surface area contributed by atoms with Crippen LogP contribution in [0.2, 0.25) is 0 Å². The van der Waals surface area contributed by atoms with Crippen molar-refractivity contribution in [3.63, 3.8) is 0 Å². The number of rotatable bonds is 7. The van der Waals surface area contributed by atoms with Crippen LogP contribution in [-0.2, 0) is 4.79 Å². The third-order valence-corrected chi connectivity index (χ3v) is 2.56. The summed E-state index contributed by atoms with van der Waals surface area (Å²) < 4.78 is 0. The average Bonchev–Trinajstić information content (AvgIpc) is 2.19. The number of hydrogen-bond acceptors (Lipinski definition) is 2. The Morgan fingerprint density at radius 2 is 1.71 bits per heavy atom. The van der Waals surface area contributed by atoms with Crippen molar-refractivity contribution in [1.29, 1.82) is 0 Å². The topological polar surface area (TPSA) is 41.1 Å². The van der Waals surface area contributed by atoms with Crippen molar-refractivity contribution in [2.24, 2.45) is 0 Å². The highest BCUT2D eigenvalue weighted by molar-refractivity contribution is 5.78. The fourth-order valence-electron chi connectivity index (χ4n) is 1.24. The first kappa shape index (κ1) is 13.4. The van der Waals surface area contributed by atoms with Gasteiger partial charge in [0.2, 0.25) is 5.91 Å². The third kappa shape index (κ3) is 5.97. The maximum absolute atomic E-state index is 11.4. The monoisotopic (exact) mass is 200 g/mol. The Labute approximate surface area is 87.6 Å². The summed E-state index contributed by atoms with van der Waals surface area (Å²) in [5, 5.41) is 6.17. The van der Waals surface area contributed by atoms with Gasteiger partial charge in [0.15, 0.2) is 0 Å². The molecule has 0 aliphatic heterocycles. The van der Waals surface area contributed by atoms with Crippen molar-refractivity contribution in [2.45, 2.75) is 59.0 Å². The highest BCUT2D eigenvalue weighted by atomic mass is 16.1. The molecular formula is C11H24N2O. The molecule has 0 fully saturated rings. The molecule has 2 N–H and O–H groups in total. The number of amides is 1. The largest absolute Gasteiger partial charge is 0.353 e. The molecule has 0 aromatic heterocycles. The second kappa shape index (κ2) is 7.80. The van der Waals surface area contributed by atoms with Crippen molar-refractivity contribution in [2.75, 3.05) is 6.54 Å². The van der Waals surface area contributed by atoms with Gasteiger partial charge in [-0.1, -0.05) is 20.8 Å². The van der Waals surface area contributed by atoms with Gasteiger partial charge in [-0.15, -0.1) is 0 Å². The summed E-state index contributed by atoms with van der Waals surface area (Å²) >= 11 is 0. The predicted octanol–water partition coefficient (Wildman–Crippen LogP) is 1.68. The summed E-state index contributed by atoms with van der Waals surface area (Å²) in [5.74, 6) is 0.103. The zero-order valence-electron chi connectivity index (χ0n) is 9.89. The van der Waals surface area contributed by atoms with Gasteiger partial charge in [-0.3, -0.25) is 4.79 Å². The number of nitrogens with one attached hydrogen (secondary N) is 2. The Morgan fingerprint density at radius 3 is 2.14 bits per heavy atom. The van der Waals surface area contributed by atoms with Gasteiger partial charge in [-0.2, -0.15) is 0 Å². The van der Waals surface area contributed by atoms with E-state index in [2.05, 4.69) is 31.4 Å². The summed E-state index contributed by atoms with van der Waals surface area (Å²) in [7, 11) is 0. The molecule has 0 spiro atoms. The molecule has 0 aromatic rings. The van der Waals surface area contributed by atoms with E-state index < -0.39 is 0 Å². The van der Waals surface area contributed by atoms with Crippen LogP contribution in [0.5, 0.6) is 0 Å². The van der Waals surface area contributed by atoms with E-state index in [9.17, 15) is 4.79 Å². The van der Waals surface area contributed by atoms with E-state index in [1.165, 1.54) is 0 Å². The van der Waals surface area contributed by atoms with Crippen LogP contribution < -0.4 is 10.6 Å². The van der Waals surface area contributed by atoms with Crippen LogP contribution in [-0.4, -0.2) is 24.5 Å². The maximum Gasteiger partial charge on any atom is 0.234 e. The molecule has 0 bridgehead atoms. The fraction of sp³-hybridized carbons (Fsp3) is 0.909. The van der Waals surface area contributed by atoms with Crippen LogP contribution in [0.15, 0.2) is 0 Å². The van der Waals surface area contributed by atoms with Gasteiger partial charge in [0.1, 0.15) is 0 Å². The Kier molecular flexibility index (Phi) is 7.48. The molecule has 0 radical (unpaired) electrons. The molecule has 0 saturated carbocycles. The molecule has 0 aliphatic carbocycles. The number of carbonyl (C=O) groups is 1. The average molecular weight is 200 g/mol. The molecule has 0 aromatic carbocycles. The lowest BCUT2D eigenvalue weighted by molar-refractivity contribution is -0.121. The van der Waals surface area contributed by atoms with Crippen molar-refractivity contribution in [1.82, 2.24) is 10.6 Å². The first-order valence-electron chi connectivity index (χ1n) is 5.66. The standard InChI is InChI=1S/C11H24N2O/c1-5-9(4)13-11(14)8-12-10(6-2)7-3/h9-10,12H,5-8H2,1-4H3,(H,13,14). The van der Waals surface area contributed by atoms with Gasteiger partial charge in [0.25, 0.3) is 0 Å². The molecule has 1 amide bonds. The van der Waals surface area contributed by atoms with E-state index in [-0.39, 0.29) is 11.9 Å². The Balaban J connectivity index is 3.62. The zero-order chi connectivity index (χ0) is 11.0. The summed E-state index contributed by atoms with van der Waals surface area (Å²) in [5.41, 5.74) is 0. The van der Waals surface area contributed by atoms with E-state index >= 15 is 0 Å². The molecule has 84 valence electrons. The lowest BCUT2D eigenvalue weighted by atomic mass is 10.2. The van der Waals surface area contributed by atoms with Crippen LogP contribution in [0.3, 0.4) is 0 Å². The number of hydrogen-bond donors (Lipinski definition) is 2. The number of carbonyl (C=O) groups excluding carboxylic acids is 1. The first-order chi connectivity index (χ1) is 6.63. The van der Waals surface area contributed by atoms with Gasteiger partial charge >= 0.3 is 0 Å². The quantitative estimate of drug-likeness (QED) is 0.656. The van der Waals surface area contributed by atoms with Gasteiger partial charge in [-0.05, 0) is 26.2 Å². The molecule has 1 unspecified atom stereocenters. The Morgan fingerprint density at radius 1 is 1.14 bits per heavy atom. The molecule has 3 nitrogen and oxygen atoms in total. The van der Waals surface area contributed by atoms with Crippen molar-refractivity contribution in [3.8, 4) is 0 Å². The Bertz CT molecular complexity index is 155. The molecule has 0 saturated heterocycles. The molecule has 0 heterocycles. The van der Waals surface area contributed by atoms with Gasteiger partial charge in [-0.25, -0.2) is 0 Å². The molecule has 14 heavy (non-hydrogen) atoms. The lowest BCUT2D eigenvalue weighted by Gasteiger charge is -2.16. The van der Waals surface area contributed by atoms with Gasteiger partial charge in [0.05, 0.1) is 6.54 Å². The normalized spacial score (nSPS) is 12.9. The van der Waals surface area contributed by atoms with Crippen LogP contribution in [0.1, 0.15) is 47.0 Å². The second-order valence-electron chi connectivity index (χ2n) is 3.77. The fourth-order valence-corrected chi connectivity index (χ4v) is 1.24. The smallest absolute Gasteiger partial charge is 0.234 e. The molecule has 1 atom stereocenters. The van der Waals surface area contributed by atoms with Crippen LogP contribution in [0, 0.1) is 0 Å². The summed E-state index contributed by atoms with van der Waals surface area (Å²) in [6.45, 7) is 8.80. The van der Waals surface area contributed by atoms with E-state index in [1.807, 2.05) is 6.92 Å². The van der Waals surface area contributed by atoms with Crippen LogP contribution in [0.4, 0.5) is 0 Å². The summed E-state index contributed by atoms with van der Waals surface area (Å²) in [6, 6.07) is 0.753.